The molecule has 7 nitrogen and oxygen atoms in total. The lowest BCUT2D eigenvalue weighted by Crippen LogP contribution is -1.98. The molecule has 28 heavy (non-hydrogen) atoms. The maximum Gasteiger partial charge on any atom is 0.296 e. The summed E-state index contributed by atoms with van der Waals surface area (Å²) in [6, 6.07) is 13.7. The molecule has 1 heterocycles. The van der Waals surface area contributed by atoms with Crippen LogP contribution in [0, 0.1) is 21.4 Å². The Bertz CT molecular complexity index is 1090. The topological polar surface area (TPSA) is 101 Å². The van der Waals surface area contributed by atoms with Gasteiger partial charge < -0.3 is 10.1 Å². The van der Waals surface area contributed by atoms with E-state index in [0.29, 0.717) is 21.5 Å². The van der Waals surface area contributed by atoms with Crippen molar-refractivity contribution in [2.24, 2.45) is 0 Å². The minimum Gasteiger partial charge on any atom is -0.496 e. The highest BCUT2D eigenvalue weighted by atomic mass is 35.5. The molecule has 1 aromatic heterocycles. The third-order valence-electron chi connectivity index (χ3n) is 3.77. The van der Waals surface area contributed by atoms with Crippen LogP contribution in [-0.4, -0.2) is 17.0 Å². The average molecular weight is 413 g/mol. The molecule has 3 aromatic rings. The normalized spacial score (nSPS) is 11.0. The molecule has 2 aromatic carbocycles. The highest BCUT2D eigenvalue weighted by Crippen LogP contribution is 2.30. The first-order valence-electron chi connectivity index (χ1n) is 7.93. The molecule has 3 rings (SSSR count). The number of nitriles is 1. The van der Waals surface area contributed by atoms with Crippen molar-refractivity contribution in [2.75, 3.05) is 12.4 Å². The Labute approximate surface area is 169 Å². The van der Waals surface area contributed by atoms with Gasteiger partial charge in [0, 0.05) is 22.2 Å². The summed E-state index contributed by atoms with van der Waals surface area (Å²) in [5.74, 6) is 0.370. The highest BCUT2D eigenvalue weighted by Gasteiger charge is 2.15. The van der Waals surface area contributed by atoms with Gasteiger partial charge in [0.15, 0.2) is 0 Å². The third-order valence-corrected chi connectivity index (χ3v) is 4.90. The summed E-state index contributed by atoms with van der Waals surface area (Å²) >= 11 is 7.20. The van der Waals surface area contributed by atoms with Crippen molar-refractivity contribution in [1.29, 1.82) is 5.26 Å². The molecule has 0 aliphatic rings. The molecule has 9 heteroatoms. The number of nitro benzene ring substituents is 1. The number of allylic oxidation sites excluding steroid dienone is 1. The van der Waals surface area contributed by atoms with Crippen LogP contribution in [0.5, 0.6) is 5.75 Å². The lowest BCUT2D eigenvalue weighted by Gasteiger charge is -2.05. The summed E-state index contributed by atoms with van der Waals surface area (Å²) in [7, 11) is 1.43. The first-order chi connectivity index (χ1) is 13.5. The number of nitrogens with zero attached hydrogens (tertiary/aromatic N) is 3. The lowest BCUT2D eigenvalue weighted by atomic mass is 10.2. The molecule has 0 spiro atoms. The van der Waals surface area contributed by atoms with Gasteiger partial charge in [-0.3, -0.25) is 10.1 Å². The number of ether oxygens (including phenoxy) is 1. The van der Waals surface area contributed by atoms with Crippen molar-refractivity contribution in [3.8, 4) is 23.1 Å². The van der Waals surface area contributed by atoms with E-state index in [4.69, 9.17) is 16.3 Å². The number of nitro groups is 1. The summed E-state index contributed by atoms with van der Waals surface area (Å²) in [4.78, 5) is 15.2. The predicted octanol–water partition coefficient (Wildman–Crippen LogP) is 5.36. The van der Waals surface area contributed by atoms with E-state index in [-0.39, 0.29) is 16.9 Å². The number of hydrogen-bond donors (Lipinski definition) is 1. The number of anilines is 1. The van der Waals surface area contributed by atoms with Gasteiger partial charge in [0.05, 0.1) is 23.8 Å². The molecular formula is C19H13ClN4O3S. The van der Waals surface area contributed by atoms with Crippen molar-refractivity contribution >= 4 is 39.9 Å². The van der Waals surface area contributed by atoms with Crippen LogP contribution in [0.15, 0.2) is 54.0 Å². The maximum absolute atomic E-state index is 11.3. The molecule has 0 aliphatic carbocycles. The zero-order chi connectivity index (χ0) is 20.1. The quantitative estimate of drug-likeness (QED) is 0.332. The van der Waals surface area contributed by atoms with Crippen molar-refractivity contribution in [2.45, 2.75) is 0 Å². The molecule has 0 saturated carbocycles. The summed E-state index contributed by atoms with van der Waals surface area (Å²) in [6.45, 7) is 0. The monoisotopic (exact) mass is 412 g/mol. The first kappa shape index (κ1) is 19.4. The fourth-order valence-corrected chi connectivity index (χ4v) is 3.27. The predicted molar refractivity (Wildman–Crippen MR) is 109 cm³/mol. The van der Waals surface area contributed by atoms with Gasteiger partial charge in [-0.25, -0.2) is 4.98 Å². The van der Waals surface area contributed by atoms with Gasteiger partial charge in [0.25, 0.3) is 5.69 Å². The molecule has 0 saturated heterocycles. The zero-order valence-corrected chi connectivity index (χ0v) is 16.1. The Morgan fingerprint density at radius 2 is 2.11 bits per heavy atom. The minimum atomic E-state index is -0.521. The molecular weight excluding hydrogens is 400 g/mol. The second-order valence-corrected chi connectivity index (χ2v) is 6.79. The maximum atomic E-state index is 11.3. The Hall–Kier alpha value is -3.41. The summed E-state index contributed by atoms with van der Waals surface area (Å²) in [5, 5.41) is 26.5. The minimum absolute atomic E-state index is 0.158. The van der Waals surface area contributed by atoms with Crippen molar-refractivity contribution < 1.29 is 9.66 Å². The van der Waals surface area contributed by atoms with Crippen LogP contribution in [0.1, 0.15) is 5.01 Å². The SMILES string of the molecule is COc1ccc(NC=C(C#N)c2nc(-c3ccc(Cl)cc3)cs2)c([N+](=O)[O-])c1. The van der Waals surface area contributed by atoms with Crippen LogP contribution in [-0.2, 0) is 0 Å². The number of hydrogen-bond acceptors (Lipinski definition) is 7. The second kappa shape index (κ2) is 8.52. The van der Waals surface area contributed by atoms with E-state index in [9.17, 15) is 15.4 Å². The molecule has 0 bridgehead atoms. The average Bonchev–Trinajstić information content (AvgIpc) is 3.19. The van der Waals surface area contributed by atoms with Gasteiger partial charge in [-0.1, -0.05) is 23.7 Å². The van der Waals surface area contributed by atoms with Crippen LogP contribution in [0.2, 0.25) is 5.02 Å². The number of halogens is 1. The number of aromatic nitrogens is 1. The Kier molecular flexibility index (Phi) is 5.89. The van der Waals surface area contributed by atoms with Crippen LogP contribution < -0.4 is 10.1 Å². The van der Waals surface area contributed by atoms with Crippen molar-refractivity contribution in [3.63, 3.8) is 0 Å². The zero-order valence-electron chi connectivity index (χ0n) is 14.5. The number of rotatable bonds is 6. The Balaban J connectivity index is 1.87. The standard InChI is InChI=1S/C19H13ClN4O3S/c1-27-15-6-7-16(18(8-15)24(25)26)22-10-13(9-21)19-23-17(11-28-19)12-2-4-14(20)5-3-12/h2-8,10-11,22H,1H3. The van der Waals surface area contributed by atoms with E-state index in [0.717, 1.165) is 5.56 Å². The summed E-state index contributed by atoms with van der Waals surface area (Å²) in [5.41, 5.74) is 1.94. The fraction of sp³-hybridized carbons (Fsp3) is 0.0526. The van der Waals surface area contributed by atoms with Crippen LogP contribution >= 0.6 is 22.9 Å². The number of methoxy groups -OCH3 is 1. The van der Waals surface area contributed by atoms with Crippen molar-refractivity contribution in [1.82, 2.24) is 4.98 Å². The van der Waals surface area contributed by atoms with E-state index in [1.54, 1.807) is 18.2 Å². The van der Waals surface area contributed by atoms with E-state index in [1.165, 1.54) is 36.8 Å². The summed E-state index contributed by atoms with van der Waals surface area (Å²) < 4.78 is 5.01. The van der Waals surface area contributed by atoms with E-state index < -0.39 is 4.92 Å². The van der Waals surface area contributed by atoms with Gasteiger partial charge in [0.2, 0.25) is 0 Å². The lowest BCUT2D eigenvalue weighted by molar-refractivity contribution is -0.384. The van der Waals surface area contributed by atoms with E-state index in [1.807, 2.05) is 17.5 Å². The smallest absolute Gasteiger partial charge is 0.296 e. The van der Waals surface area contributed by atoms with Crippen LogP contribution in [0.4, 0.5) is 11.4 Å². The van der Waals surface area contributed by atoms with E-state index >= 15 is 0 Å². The first-order valence-corrected chi connectivity index (χ1v) is 9.18. The van der Waals surface area contributed by atoms with Crippen LogP contribution in [0.25, 0.3) is 16.8 Å². The fourth-order valence-electron chi connectivity index (χ4n) is 2.35. The molecule has 0 fully saturated rings. The highest BCUT2D eigenvalue weighted by molar-refractivity contribution is 7.11. The largest absolute Gasteiger partial charge is 0.496 e. The molecule has 0 radical (unpaired) electrons. The van der Waals surface area contributed by atoms with Crippen LogP contribution in [0.3, 0.4) is 0 Å². The molecule has 0 aliphatic heterocycles. The third kappa shape index (κ3) is 4.28. The summed E-state index contributed by atoms with van der Waals surface area (Å²) in [6.07, 6.45) is 1.40. The van der Waals surface area contributed by atoms with E-state index in [2.05, 4.69) is 16.4 Å². The molecule has 1 N–H and O–H groups in total. The second-order valence-electron chi connectivity index (χ2n) is 5.50. The number of nitrogens with one attached hydrogen (secondary N) is 1. The van der Waals surface area contributed by atoms with Gasteiger partial charge in [-0.2, -0.15) is 5.26 Å². The Morgan fingerprint density at radius 1 is 1.36 bits per heavy atom. The number of thiazole rings is 1. The molecule has 0 atom stereocenters. The van der Waals surface area contributed by atoms with Crippen molar-refractivity contribution in [3.05, 3.63) is 74.2 Å². The van der Waals surface area contributed by atoms with Gasteiger partial charge in [-0.15, -0.1) is 11.3 Å². The number of benzene rings is 2. The Morgan fingerprint density at radius 3 is 2.75 bits per heavy atom. The van der Waals surface area contributed by atoms with Gasteiger partial charge in [0.1, 0.15) is 28.1 Å². The van der Waals surface area contributed by atoms with Gasteiger partial charge >= 0.3 is 0 Å². The molecule has 140 valence electrons. The molecule has 0 amide bonds. The molecule has 0 unspecified atom stereocenters. The van der Waals surface area contributed by atoms with Gasteiger partial charge in [-0.05, 0) is 24.3 Å².